The highest BCUT2D eigenvalue weighted by Gasteiger charge is 2.41. The lowest BCUT2D eigenvalue weighted by atomic mass is 9.95. The highest BCUT2D eigenvalue weighted by molar-refractivity contribution is 7.89. The van der Waals surface area contributed by atoms with E-state index in [4.69, 9.17) is 0 Å². The van der Waals surface area contributed by atoms with Gasteiger partial charge in [-0.25, -0.2) is 22.8 Å². The van der Waals surface area contributed by atoms with Crippen LogP contribution in [0.15, 0.2) is 24.7 Å². The zero-order valence-corrected chi connectivity index (χ0v) is 15.9. The summed E-state index contributed by atoms with van der Waals surface area (Å²) < 4.78 is 41.4. The minimum Gasteiger partial charge on any atom is -0.345 e. The summed E-state index contributed by atoms with van der Waals surface area (Å²) in [5, 5.41) is 0. The number of rotatable bonds is 4. The van der Waals surface area contributed by atoms with Crippen LogP contribution in [0.3, 0.4) is 0 Å². The Morgan fingerprint density at radius 3 is 2.85 bits per heavy atom. The van der Waals surface area contributed by atoms with E-state index in [1.807, 2.05) is 18.5 Å². The van der Waals surface area contributed by atoms with Crippen molar-refractivity contribution in [3.8, 4) is 0 Å². The van der Waals surface area contributed by atoms with Crippen molar-refractivity contribution in [2.24, 2.45) is 11.8 Å². The molecular weight excluding hydrogens is 369 g/mol. The first-order valence-corrected chi connectivity index (χ1v) is 10.9. The number of nitrogens with zero attached hydrogens (tertiary/aromatic N) is 4. The third kappa shape index (κ3) is 2.75. The highest BCUT2D eigenvalue weighted by atomic mass is 32.2. The van der Waals surface area contributed by atoms with E-state index in [0.717, 1.165) is 35.3 Å². The van der Waals surface area contributed by atoms with Crippen molar-refractivity contribution in [3.05, 3.63) is 30.4 Å². The van der Waals surface area contributed by atoms with Crippen molar-refractivity contribution in [1.82, 2.24) is 23.7 Å². The molecule has 1 saturated heterocycles. The number of H-pyrrole nitrogens is 1. The lowest BCUT2D eigenvalue weighted by Gasteiger charge is -2.33. The van der Waals surface area contributed by atoms with Crippen molar-refractivity contribution in [1.29, 1.82) is 0 Å². The number of aromatic amines is 1. The third-order valence-corrected chi connectivity index (χ3v) is 8.05. The van der Waals surface area contributed by atoms with E-state index < -0.39 is 16.2 Å². The molecule has 0 amide bonds. The van der Waals surface area contributed by atoms with E-state index >= 15 is 0 Å². The number of hydrogen-bond donors (Lipinski definition) is 1. The molecule has 7 nitrogen and oxygen atoms in total. The van der Waals surface area contributed by atoms with Gasteiger partial charge in [0.15, 0.2) is 11.3 Å². The first-order chi connectivity index (χ1) is 12.9. The predicted octanol–water partition coefficient (Wildman–Crippen LogP) is 2.32. The van der Waals surface area contributed by atoms with Gasteiger partial charge in [0.25, 0.3) is 0 Å². The molecule has 3 aromatic rings. The summed E-state index contributed by atoms with van der Waals surface area (Å²) in [5.74, 6) is 0.796. The van der Waals surface area contributed by atoms with Gasteiger partial charge >= 0.3 is 0 Å². The van der Waals surface area contributed by atoms with Gasteiger partial charge in [-0.2, -0.15) is 4.31 Å². The van der Waals surface area contributed by atoms with Gasteiger partial charge in [0.1, 0.15) is 6.17 Å². The first kappa shape index (κ1) is 17.1. The standard InChI is InChI=1S/C18H22FN5O2S/c1-11-4-12(10-27(25,26)23-8-13(19)9-23)5-14(11)16-6-21-17-7-22-18-15(24(16)17)2-3-20-18/h2-3,6-7,11-14,20H,4-5,8-10H2,1H3/t11-,12+,14+/m1/s1. The number of aromatic nitrogens is 4. The Kier molecular flexibility index (Phi) is 3.80. The Morgan fingerprint density at radius 1 is 1.26 bits per heavy atom. The number of hydrogen-bond acceptors (Lipinski definition) is 4. The molecule has 0 aromatic carbocycles. The van der Waals surface area contributed by atoms with Gasteiger partial charge in [0.05, 0.1) is 17.5 Å². The SMILES string of the molecule is C[C@@H]1C[C@H](CS(=O)(=O)N2CC(F)C2)C[C@@H]1c1cnc2cnc3[nH]ccc3n12. The molecular formula is C18H22FN5O2S. The van der Waals surface area contributed by atoms with Crippen LogP contribution >= 0.6 is 0 Å². The Hall–Kier alpha value is -2.00. The average molecular weight is 391 g/mol. The normalized spacial score (nSPS) is 27.6. The van der Waals surface area contributed by atoms with Crippen molar-refractivity contribution in [2.75, 3.05) is 18.8 Å². The maximum Gasteiger partial charge on any atom is 0.214 e. The molecule has 27 heavy (non-hydrogen) atoms. The Bertz CT molecular complexity index is 1100. The highest BCUT2D eigenvalue weighted by Crippen LogP contribution is 2.44. The number of nitrogens with one attached hydrogen (secondary N) is 1. The van der Waals surface area contributed by atoms with E-state index in [-0.39, 0.29) is 30.7 Å². The second-order valence-corrected chi connectivity index (χ2v) is 9.97. The van der Waals surface area contributed by atoms with E-state index in [1.165, 1.54) is 4.31 Å². The molecule has 3 aromatic heterocycles. The van der Waals surface area contributed by atoms with Crippen LogP contribution in [0.5, 0.6) is 0 Å². The van der Waals surface area contributed by atoms with Gasteiger partial charge in [0.2, 0.25) is 10.0 Å². The second-order valence-electron chi connectivity index (χ2n) is 7.96. The Morgan fingerprint density at radius 2 is 2.07 bits per heavy atom. The van der Waals surface area contributed by atoms with E-state index in [9.17, 15) is 12.8 Å². The second kappa shape index (κ2) is 6.00. The van der Waals surface area contributed by atoms with Gasteiger partial charge in [-0.3, -0.25) is 4.40 Å². The van der Waals surface area contributed by atoms with Gasteiger partial charge in [-0.1, -0.05) is 6.92 Å². The molecule has 2 aliphatic rings. The van der Waals surface area contributed by atoms with Crippen LogP contribution in [-0.4, -0.2) is 57.1 Å². The lowest BCUT2D eigenvalue weighted by molar-refractivity contribution is 0.141. The largest absolute Gasteiger partial charge is 0.345 e. The average Bonchev–Trinajstić information content (AvgIpc) is 3.28. The fraction of sp³-hybridized carbons (Fsp3) is 0.556. The summed E-state index contributed by atoms with van der Waals surface area (Å²) in [4.78, 5) is 12.0. The minimum atomic E-state index is -3.37. The number of sulfonamides is 1. The molecule has 1 aliphatic carbocycles. The topological polar surface area (TPSA) is 83.4 Å². The van der Waals surface area contributed by atoms with Crippen molar-refractivity contribution in [2.45, 2.75) is 31.9 Å². The Labute approximate surface area is 156 Å². The molecule has 1 saturated carbocycles. The van der Waals surface area contributed by atoms with E-state index in [1.54, 1.807) is 6.20 Å². The van der Waals surface area contributed by atoms with Gasteiger partial charge < -0.3 is 4.98 Å². The van der Waals surface area contributed by atoms with Gasteiger partial charge in [-0.05, 0) is 30.7 Å². The van der Waals surface area contributed by atoms with Crippen LogP contribution in [0.1, 0.15) is 31.4 Å². The molecule has 4 heterocycles. The van der Waals surface area contributed by atoms with E-state index in [0.29, 0.717) is 5.92 Å². The molecule has 5 rings (SSSR count). The van der Waals surface area contributed by atoms with Crippen LogP contribution in [0, 0.1) is 11.8 Å². The summed E-state index contributed by atoms with van der Waals surface area (Å²) in [6.07, 6.45) is 6.15. The summed E-state index contributed by atoms with van der Waals surface area (Å²) in [6, 6.07) is 1.99. The van der Waals surface area contributed by atoms with Gasteiger partial charge in [-0.15, -0.1) is 0 Å². The molecule has 0 spiro atoms. The smallest absolute Gasteiger partial charge is 0.214 e. The summed E-state index contributed by atoms with van der Waals surface area (Å²) in [6.45, 7) is 2.20. The first-order valence-electron chi connectivity index (χ1n) is 9.33. The Balaban J connectivity index is 1.42. The lowest BCUT2D eigenvalue weighted by Crippen LogP contribution is -2.52. The molecule has 1 aliphatic heterocycles. The number of alkyl halides is 1. The maximum atomic E-state index is 13.0. The maximum absolute atomic E-state index is 13.0. The molecule has 9 heteroatoms. The van der Waals surface area contributed by atoms with Crippen LogP contribution in [0.4, 0.5) is 4.39 Å². The molecule has 2 fully saturated rings. The summed E-state index contributed by atoms with van der Waals surface area (Å²) in [5.41, 5.74) is 3.70. The predicted molar refractivity (Wildman–Crippen MR) is 99.7 cm³/mol. The monoisotopic (exact) mass is 391 g/mol. The van der Waals surface area contributed by atoms with Crippen LogP contribution < -0.4 is 0 Å². The summed E-state index contributed by atoms with van der Waals surface area (Å²) >= 11 is 0. The molecule has 0 bridgehead atoms. The van der Waals surface area contributed by atoms with Crippen LogP contribution in [0.25, 0.3) is 16.8 Å². The summed E-state index contributed by atoms with van der Waals surface area (Å²) in [7, 11) is -3.37. The molecule has 0 unspecified atom stereocenters. The molecule has 144 valence electrons. The molecule has 1 N–H and O–H groups in total. The van der Waals surface area contributed by atoms with Gasteiger partial charge in [0, 0.05) is 37.1 Å². The number of halogens is 1. The van der Waals surface area contributed by atoms with Crippen LogP contribution in [0.2, 0.25) is 0 Å². The number of imidazole rings is 1. The van der Waals surface area contributed by atoms with Crippen molar-refractivity contribution >= 4 is 26.8 Å². The minimum absolute atomic E-state index is 0.0137. The van der Waals surface area contributed by atoms with Crippen molar-refractivity contribution < 1.29 is 12.8 Å². The fourth-order valence-corrected chi connectivity index (χ4v) is 6.56. The molecule has 0 radical (unpaired) electrons. The van der Waals surface area contributed by atoms with Crippen LogP contribution in [-0.2, 0) is 10.0 Å². The molecule has 3 atom stereocenters. The van der Waals surface area contributed by atoms with E-state index in [2.05, 4.69) is 26.3 Å². The number of fused-ring (bicyclic) bond motifs is 3. The van der Waals surface area contributed by atoms with Crippen molar-refractivity contribution in [3.63, 3.8) is 0 Å². The quantitative estimate of drug-likeness (QED) is 0.740. The zero-order chi connectivity index (χ0) is 18.8. The third-order valence-electron chi connectivity index (χ3n) is 6.07. The zero-order valence-electron chi connectivity index (χ0n) is 15.0. The fourth-order valence-electron chi connectivity index (χ4n) is 4.70.